The van der Waals surface area contributed by atoms with Crippen LogP contribution in [0.15, 0.2) is 30.3 Å². The number of rotatable bonds is 5. The van der Waals surface area contributed by atoms with E-state index in [2.05, 4.69) is 10.6 Å². The highest BCUT2D eigenvalue weighted by Gasteiger charge is 2.21. The SMILES string of the molecule is NC(=O)NC(C(=O)NCC(=O)O)c1ccccc1. The van der Waals surface area contributed by atoms with Crippen molar-refractivity contribution in [1.29, 1.82) is 0 Å². The maximum absolute atomic E-state index is 11.7. The van der Waals surface area contributed by atoms with E-state index >= 15 is 0 Å². The molecule has 1 rings (SSSR count). The lowest BCUT2D eigenvalue weighted by Gasteiger charge is -2.16. The molecule has 0 saturated carbocycles. The van der Waals surface area contributed by atoms with Gasteiger partial charge in [-0.15, -0.1) is 0 Å². The zero-order valence-electron chi connectivity index (χ0n) is 9.42. The Kier molecular flexibility index (Phi) is 4.67. The van der Waals surface area contributed by atoms with E-state index < -0.39 is 30.5 Å². The van der Waals surface area contributed by atoms with Crippen molar-refractivity contribution < 1.29 is 19.5 Å². The minimum atomic E-state index is -1.17. The largest absolute Gasteiger partial charge is 0.480 e. The summed E-state index contributed by atoms with van der Waals surface area (Å²) in [4.78, 5) is 32.9. The number of benzene rings is 1. The first-order chi connectivity index (χ1) is 8.50. The molecule has 18 heavy (non-hydrogen) atoms. The monoisotopic (exact) mass is 251 g/mol. The van der Waals surface area contributed by atoms with Gasteiger partial charge >= 0.3 is 12.0 Å². The molecule has 96 valence electrons. The summed E-state index contributed by atoms with van der Waals surface area (Å²) in [6, 6.07) is 6.50. The summed E-state index contributed by atoms with van der Waals surface area (Å²) in [6.07, 6.45) is 0. The lowest BCUT2D eigenvalue weighted by atomic mass is 10.1. The van der Waals surface area contributed by atoms with E-state index in [0.717, 1.165) is 0 Å². The van der Waals surface area contributed by atoms with Gasteiger partial charge in [-0.05, 0) is 5.56 Å². The summed E-state index contributed by atoms with van der Waals surface area (Å²) in [5, 5.41) is 12.9. The molecule has 0 heterocycles. The van der Waals surface area contributed by atoms with Crippen LogP contribution in [0, 0.1) is 0 Å². The Labute approximate surface area is 103 Å². The number of carboxylic acid groups (broad SMARTS) is 1. The van der Waals surface area contributed by atoms with Crippen molar-refractivity contribution >= 4 is 17.9 Å². The Bertz CT molecular complexity index is 447. The molecule has 1 unspecified atom stereocenters. The minimum absolute atomic E-state index is 0.513. The second-order valence-electron chi connectivity index (χ2n) is 3.46. The van der Waals surface area contributed by atoms with Crippen molar-refractivity contribution in [2.45, 2.75) is 6.04 Å². The molecule has 0 aromatic heterocycles. The number of amides is 3. The summed E-state index contributed by atoms with van der Waals surface area (Å²) < 4.78 is 0. The van der Waals surface area contributed by atoms with Crippen LogP contribution in [-0.2, 0) is 9.59 Å². The second kappa shape index (κ2) is 6.24. The van der Waals surface area contributed by atoms with Gasteiger partial charge in [-0.3, -0.25) is 9.59 Å². The molecule has 7 heteroatoms. The average molecular weight is 251 g/mol. The van der Waals surface area contributed by atoms with Crippen LogP contribution >= 0.6 is 0 Å². The minimum Gasteiger partial charge on any atom is -0.480 e. The van der Waals surface area contributed by atoms with E-state index in [-0.39, 0.29) is 0 Å². The molecule has 0 aliphatic heterocycles. The van der Waals surface area contributed by atoms with Gasteiger partial charge in [-0.25, -0.2) is 4.79 Å². The number of primary amides is 1. The van der Waals surface area contributed by atoms with Crippen LogP contribution in [-0.4, -0.2) is 29.6 Å². The normalized spacial score (nSPS) is 11.3. The number of hydrogen-bond donors (Lipinski definition) is 4. The third-order valence-corrected chi connectivity index (χ3v) is 2.10. The maximum atomic E-state index is 11.7. The van der Waals surface area contributed by atoms with Crippen molar-refractivity contribution in [2.75, 3.05) is 6.54 Å². The van der Waals surface area contributed by atoms with Gasteiger partial charge in [-0.1, -0.05) is 30.3 Å². The third-order valence-electron chi connectivity index (χ3n) is 2.10. The second-order valence-corrected chi connectivity index (χ2v) is 3.46. The highest BCUT2D eigenvalue weighted by molar-refractivity contribution is 5.89. The topological polar surface area (TPSA) is 122 Å². The number of urea groups is 1. The van der Waals surface area contributed by atoms with Gasteiger partial charge in [0.2, 0.25) is 5.91 Å². The fourth-order valence-corrected chi connectivity index (χ4v) is 1.35. The maximum Gasteiger partial charge on any atom is 0.322 e. The number of carbonyl (C=O) groups is 3. The van der Waals surface area contributed by atoms with Gasteiger partial charge in [0.25, 0.3) is 0 Å². The average Bonchev–Trinajstić information content (AvgIpc) is 2.34. The first-order valence-electron chi connectivity index (χ1n) is 5.11. The fraction of sp³-hybridized carbons (Fsp3) is 0.182. The van der Waals surface area contributed by atoms with Gasteiger partial charge in [0.1, 0.15) is 12.6 Å². The number of nitrogens with two attached hydrogens (primary N) is 1. The molecule has 0 radical (unpaired) electrons. The predicted octanol–water partition coefficient (Wildman–Crippen LogP) is -0.403. The number of aliphatic carboxylic acids is 1. The summed E-state index contributed by atoms with van der Waals surface area (Å²) in [7, 11) is 0. The van der Waals surface area contributed by atoms with E-state index in [0.29, 0.717) is 5.56 Å². The molecule has 0 aliphatic rings. The molecule has 1 aromatic carbocycles. The molecule has 1 atom stereocenters. The van der Waals surface area contributed by atoms with Crippen LogP contribution in [0.1, 0.15) is 11.6 Å². The van der Waals surface area contributed by atoms with Gasteiger partial charge < -0.3 is 21.5 Å². The molecule has 0 fully saturated rings. The van der Waals surface area contributed by atoms with E-state index in [1.165, 1.54) is 0 Å². The number of nitrogens with one attached hydrogen (secondary N) is 2. The van der Waals surface area contributed by atoms with E-state index in [9.17, 15) is 14.4 Å². The number of carbonyl (C=O) groups excluding carboxylic acids is 2. The third kappa shape index (κ3) is 4.12. The van der Waals surface area contributed by atoms with Gasteiger partial charge in [0, 0.05) is 0 Å². The molecule has 7 nitrogen and oxygen atoms in total. The van der Waals surface area contributed by atoms with Crippen LogP contribution in [0.5, 0.6) is 0 Å². The molecule has 1 aromatic rings. The smallest absolute Gasteiger partial charge is 0.322 e. The first-order valence-corrected chi connectivity index (χ1v) is 5.11. The van der Waals surface area contributed by atoms with Crippen molar-refractivity contribution in [3.8, 4) is 0 Å². The summed E-state index contributed by atoms with van der Waals surface area (Å²) in [5.74, 6) is -1.81. The molecule has 0 saturated heterocycles. The Morgan fingerprint density at radius 3 is 2.33 bits per heavy atom. The molecule has 3 amide bonds. The highest BCUT2D eigenvalue weighted by atomic mass is 16.4. The zero-order valence-corrected chi connectivity index (χ0v) is 9.42. The molecular formula is C11H13N3O4. The van der Waals surface area contributed by atoms with Crippen LogP contribution in [0.25, 0.3) is 0 Å². The van der Waals surface area contributed by atoms with Crippen molar-refractivity contribution in [1.82, 2.24) is 10.6 Å². The molecule has 0 aliphatic carbocycles. The number of hydrogen-bond acceptors (Lipinski definition) is 3. The van der Waals surface area contributed by atoms with Crippen LogP contribution in [0.4, 0.5) is 4.79 Å². The molecule has 0 bridgehead atoms. The van der Waals surface area contributed by atoms with Gasteiger partial charge in [0.05, 0.1) is 0 Å². The van der Waals surface area contributed by atoms with Gasteiger partial charge in [0.15, 0.2) is 0 Å². The highest BCUT2D eigenvalue weighted by Crippen LogP contribution is 2.12. The van der Waals surface area contributed by atoms with Crippen LogP contribution < -0.4 is 16.4 Å². The fourth-order valence-electron chi connectivity index (χ4n) is 1.35. The lowest BCUT2D eigenvalue weighted by molar-refractivity contribution is -0.138. The quantitative estimate of drug-likeness (QED) is 0.568. The zero-order chi connectivity index (χ0) is 13.5. The van der Waals surface area contributed by atoms with E-state index in [4.69, 9.17) is 10.8 Å². The van der Waals surface area contributed by atoms with Crippen molar-refractivity contribution in [3.05, 3.63) is 35.9 Å². The predicted molar refractivity (Wildman–Crippen MR) is 62.5 cm³/mol. The van der Waals surface area contributed by atoms with E-state index in [1.807, 2.05) is 0 Å². The molecule has 5 N–H and O–H groups in total. The standard InChI is InChI=1S/C11H13N3O4/c12-11(18)14-9(7-4-2-1-3-5-7)10(17)13-6-8(15)16/h1-5,9H,6H2,(H,13,17)(H,15,16)(H3,12,14,18). The van der Waals surface area contributed by atoms with Crippen molar-refractivity contribution in [3.63, 3.8) is 0 Å². The Morgan fingerprint density at radius 2 is 1.83 bits per heavy atom. The van der Waals surface area contributed by atoms with Gasteiger partial charge in [-0.2, -0.15) is 0 Å². The Hall–Kier alpha value is -2.57. The molecular weight excluding hydrogens is 238 g/mol. The number of carboxylic acids is 1. The van der Waals surface area contributed by atoms with Crippen LogP contribution in [0.2, 0.25) is 0 Å². The Morgan fingerprint density at radius 1 is 1.22 bits per heavy atom. The first kappa shape index (κ1) is 13.5. The summed E-state index contributed by atoms with van der Waals surface area (Å²) in [5.41, 5.74) is 5.49. The van der Waals surface area contributed by atoms with Crippen LogP contribution in [0.3, 0.4) is 0 Å². The van der Waals surface area contributed by atoms with Crippen molar-refractivity contribution in [2.24, 2.45) is 5.73 Å². The van der Waals surface area contributed by atoms with E-state index in [1.54, 1.807) is 30.3 Å². The molecule has 0 spiro atoms. The summed E-state index contributed by atoms with van der Waals surface area (Å²) >= 11 is 0. The summed E-state index contributed by atoms with van der Waals surface area (Å²) in [6.45, 7) is -0.525. The lowest BCUT2D eigenvalue weighted by Crippen LogP contribution is -2.43. The Balaban J connectivity index is 2.81.